The van der Waals surface area contributed by atoms with Crippen LogP contribution in [-0.4, -0.2) is 37.2 Å². The minimum absolute atomic E-state index is 0.0622. The van der Waals surface area contributed by atoms with Crippen molar-refractivity contribution in [3.63, 3.8) is 0 Å². The van der Waals surface area contributed by atoms with Gasteiger partial charge in [0.1, 0.15) is 13.2 Å². The van der Waals surface area contributed by atoms with Gasteiger partial charge in [0, 0.05) is 19.3 Å². The van der Waals surface area contributed by atoms with E-state index in [2.05, 4.69) is 27.7 Å². The average Bonchev–Trinajstić information content (AvgIpc) is 3.27. The monoisotopic (exact) mass is 891 g/mol. The minimum Gasteiger partial charge on any atom is -0.462 e. The molecule has 6 heteroatoms. The van der Waals surface area contributed by atoms with Crippen LogP contribution in [0.4, 0.5) is 0 Å². The Kier molecular flexibility index (Phi) is 50.1. The Morgan fingerprint density at radius 2 is 0.524 bits per heavy atom. The summed E-state index contributed by atoms with van der Waals surface area (Å²) < 4.78 is 16.8. The number of carbonyl (C=O) groups excluding carboxylic acids is 3. The Morgan fingerprint density at radius 1 is 0.302 bits per heavy atom. The van der Waals surface area contributed by atoms with Crippen LogP contribution in [0.15, 0.2) is 0 Å². The molecule has 0 aromatic carbocycles. The van der Waals surface area contributed by atoms with Crippen LogP contribution in [0.5, 0.6) is 0 Å². The van der Waals surface area contributed by atoms with E-state index in [1.165, 1.54) is 218 Å². The lowest BCUT2D eigenvalue weighted by atomic mass is 10.0. The van der Waals surface area contributed by atoms with Crippen LogP contribution in [0.1, 0.15) is 323 Å². The van der Waals surface area contributed by atoms with Gasteiger partial charge in [-0.15, -0.1) is 0 Å². The molecule has 0 spiro atoms. The van der Waals surface area contributed by atoms with Crippen LogP contribution < -0.4 is 0 Å². The first-order chi connectivity index (χ1) is 30.9. The number of unbranched alkanes of at least 4 members (excludes halogenated alkanes) is 39. The molecular weight excluding hydrogens is 781 g/mol. The van der Waals surface area contributed by atoms with Crippen molar-refractivity contribution in [3.8, 4) is 0 Å². The summed E-state index contributed by atoms with van der Waals surface area (Å²) in [6, 6.07) is 0. The van der Waals surface area contributed by atoms with Gasteiger partial charge in [-0.05, 0) is 25.2 Å². The molecule has 0 N–H and O–H groups in total. The van der Waals surface area contributed by atoms with E-state index in [1.807, 2.05) is 0 Å². The maximum atomic E-state index is 12.8. The van der Waals surface area contributed by atoms with E-state index in [0.29, 0.717) is 19.3 Å². The van der Waals surface area contributed by atoms with Crippen LogP contribution in [0.2, 0.25) is 0 Å². The summed E-state index contributed by atoms with van der Waals surface area (Å²) in [4.78, 5) is 38.0. The Morgan fingerprint density at radius 3 is 0.778 bits per heavy atom. The van der Waals surface area contributed by atoms with Gasteiger partial charge < -0.3 is 14.2 Å². The third-order valence-electron chi connectivity index (χ3n) is 13.0. The van der Waals surface area contributed by atoms with E-state index in [9.17, 15) is 14.4 Å². The highest BCUT2D eigenvalue weighted by molar-refractivity contribution is 5.71. The molecule has 0 bridgehead atoms. The minimum atomic E-state index is -0.761. The van der Waals surface area contributed by atoms with Crippen LogP contribution in [0, 0.1) is 5.92 Å². The zero-order valence-corrected chi connectivity index (χ0v) is 43.0. The van der Waals surface area contributed by atoms with Crippen LogP contribution >= 0.6 is 0 Å². The molecule has 0 heterocycles. The molecule has 0 aromatic rings. The van der Waals surface area contributed by atoms with Gasteiger partial charge >= 0.3 is 17.9 Å². The van der Waals surface area contributed by atoms with Gasteiger partial charge in [-0.25, -0.2) is 0 Å². The van der Waals surface area contributed by atoms with Crippen LogP contribution in [0.25, 0.3) is 0 Å². The van der Waals surface area contributed by atoms with Gasteiger partial charge in [0.15, 0.2) is 6.10 Å². The molecule has 0 fully saturated rings. The molecule has 0 saturated heterocycles. The first-order valence-corrected chi connectivity index (χ1v) is 28.4. The third kappa shape index (κ3) is 51.3. The van der Waals surface area contributed by atoms with Crippen molar-refractivity contribution in [2.24, 2.45) is 5.92 Å². The maximum absolute atomic E-state index is 12.8. The lowest BCUT2D eigenvalue weighted by Crippen LogP contribution is -2.30. The summed E-state index contributed by atoms with van der Waals surface area (Å²) in [6.45, 7) is 9.04. The Labute approximate surface area is 393 Å². The molecule has 0 rings (SSSR count). The maximum Gasteiger partial charge on any atom is 0.306 e. The topological polar surface area (TPSA) is 78.9 Å². The second-order valence-corrected chi connectivity index (χ2v) is 20.1. The van der Waals surface area contributed by atoms with Crippen molar-refractivity contribution in [1.82, 2.24) is 0 Å². The fraction of sp³-hybridized carbons (Fsp3) is 0.947. The van der Waals surface area contributed by atoms with Gasteiger partial charge in [-0.3, -0.25) is 14.4 Å². The molecule has 374 valence electrons. The van der Waals surface area contributed by atoms with Gasteiger partial charge in [-0.1, -0.05) is 285 Å². The number of carbonyl (C=O) groups is 3. The molecule has 0 radical (unpaired) electrons. The van der Waals surface area contributed by atoms with Crippen molar-refractivity contribution in [2.45, 2.75) is 329 Å². The first kappa shape index (κ1) is 61.4. The normalized spacial score (nSPS) is 12.0. The first-order valence-electron chi connectivity index (χ1n) is 28.4. The van der Waals surface area contributed by atoms with Gasteiger partial charge in [-0.2, -0.15) is 0 Å². The number of hydrogen-bond donors (Lipinski definition) is 0. The molecule has 0 aliphatic heterocycles. The molecule has 0 aliphatic carbocycles. The van der Waals surface area contributed by atoms with Gasteiger partial charge in [0.25, 0.3) is 0 Å². The van der Waals surface area contributed by atoms with Crippen molar-refractivity contribution < 1.29 is 28.6 Å². The van der Waals surface area contributed by atoms with Crippen molar-refractivity contribution in [2.75, 3.05) is 13.2 Å². The molecule has 0 unspecified atom stereocenters. The van der Waals surface area contributed by atoms with Crippen LogP contribution in [-0.2, 0) is 28.6 Å². The molecule has 0 saturated carbocycles. The predicted octanol–water partition coefficient (Wildman–Crippen LogP) is 18.6. The summed E-state index contributed by atoms with van der Waals surface area (Å²) in [6.07, 6.45) is 55.3. The number of esters is 3. The highest BCUT2D eigenvalue weighted by atomic mass is 16.6. The summed E-state index contributed by atoms with van der Waals surface area (Å²) in [5.41, 5.74) is 0. The van der Waals surface area contributed by atoms with E-state index in [1.54, 1.807) is 0 Å². The second kappa shape index (κ2) is 51.4. The second-order valence-electron chi connectivity index (χ2n) is 20.1. The molecule has 1 atom stereocenters. The predicted molar refractivity (Wildman–Crippen MR) is 270 cm³/mol. The van der Waals surface area contributed by atoms with Gasteiger partial charge in [0.05, 0.1) is 0 Å². The van der Waals surface area contributed by atoms with E-state index < -0.39 is 6.10 Å². The Balaban J connectivity index is 4.21. The van der Waals surface area contributed by atoms with Crippen molar-refractivity contribution in [1.29, 1.82) is 0 Å². The largest absolute Gasteiger partial charge is 0.462 e. The lowest BCUT2D eigenvalue weighted by molar-refractivity contribution is -0.167. The molecule has 6 nitrogen and oxygen atoms in total. The van der Waals surface area contributed by atoms with E-state index in [-0.39, 0.29) is 31.1 Å². The smallest absolute Gasteiger partial charge is 0.306 e. The average molecular weight is 892 g/mol. The van der Waals surface area contributed by atoms with E-state index in [4.69, 9.17) is 14.2 Å². The van der Waals surface area contributed by atoms with E-state index in [0.717, 1.165) is 63.7 Å². The summed E-state index contributed by atoms with van der Waals surface area (Å²) >= 11 is 0. The summed E-state index contributed by atoms with van der Waals surface area (Å²) in [5, 5.41) is 0. The highest BCUT2D eigenvalue weighted by Gasteiger charge is 2.19. The van der Waals surface area contributed by atoms with Crippen LogP contribution in [0.3, 0.4) is 0 Å². The molecule has 0 aliphatic rings. The van der Waals surface area contributed by atoms with Crippen molar-refractivity contribution >= 4 is 17.9 Å². The number of ether oxygens (including phenoxy) is 3. The van der Waals surface area contributed by atoms with E-state index >= 15 is 0 Å². The van der Waals surface area contributed by atoms with Gasteiger partial charge in [0.2, 0.25) is 0 Å². The molecule has 0 amide bonds. The summed E-state index contributed by atoms with van der Waals surface area (Å²) in [7, 11) is 0. The quantitative estimate of drug-likeness (QED) is 0.0344. The molecular formula is C57H110O6. The molecule has 0 aromatic heterocycles. The fourth-order valence-electron chi connectivity index (χ4n) is 8.75. The lowest BCUT2D eigenvalue weighted by Gasteiger charge is -2.18. The highest BCUT2D eigenvalue weighted by Crippen LogP contribution is 2.18. The fourth-order valence-corrected chi connectivity index (χ4v) is 8.75. The SMILES string of the molecule is CCCCCCCCCCCCCCCCCCCCCC(=O)OC[C@H](COC(=O)CCCCCCCCCCCCCCCC(C)C)OC(=O)CCCCCCCCCCCC. The zero-order valence-electron chi connectivity index (χ0n) is 43.0. The standard InChI is InChI=1S/C57H110O6/c1-5-7-9-11-13-15-17-18-19-20-21-22-23-26-29-33-36-40-44-48-55(58)61-51-54(63-57(60)50-46-42-38-32-16-14-12-10-8-6-2)52-62-56(59)49-45-41-37-34-30-27-24-25-28-31-35-39-43-47-53(3)4/h53-54H,5-52H2,1-4H3/t54-/m1/s1. The van der Waals surface area contributed by atoms with Crippen molar-refractivity contribution in [3.05, 3.63) is 0 Å². The summed E-state index contributed by atoms with van der Waals surface area (Å²) in [5.74, 6) is 0.000132. The third-order valence-corrected chi connectivity index (χ3v) is 13.0. The molecule has 63 heavy (non-hydrogen) atoms. The Bertz CT molecular complexity index is 949. The number of rotatable bonds is 52. The zero-order chi connectivity index (χ0) is 45.9. The number of hydrogen-bond acceptors (Lipinski definition) is 6. The Hall–Kier alpha value is -1.59.